The SMILES string of the molecule is CC/C=C\C/C=C\C/C=C\C/C=C\C/C=C\C/C=C\CCCCC(=O)OC(COC(=O)CCCCCCCCCCC/C=C\C/C=C\CCCCC)COC(OCC[N+](C)(C)C)C(=O)[O-]. The number of carboxylic acid groups (broad SMARTS) is 1. The summed E-state index contributed by atoms with van der Waals surface area (Å²) in [5.74, 6) is -2.36. The highest BCUT2D eigenvalue weighted by molar-refractivity contribution is 5.70. The number of esters is 2. The third kappa shape index (κ3) is 48.0. The second-order valence-corrected chi connectivity index (χ2v) is 17.7. The predicted molar refractivity (Wildman–Crippen MR) is 269 cm³/mol. The van der Waals surface area contributed by atoms with Crippen LogP contribution in [-0.4, -0.2) is 82.3 Å². The van der Waals surface area contributed by atoms with E-state index in [0.717, 1.165) is 89.9 Å². The fourth-order valence-electron chi connectivity index (χ4n) is 6.39. The van der Waals surface area contributed by atoms with Crippen molar-refractivity contribution in [3.8, 4) is 0 Å². The lowest BCUT2D eigenvalue weighted by atomic mass is 10.1. The Morgan fingerprint density at radius 2 is 0.877 bits per heavy atom. The molecule has 370 valence electrons. The molecule has 9 heteroatoms. The molecular weight excluding hydrogens is 815 g/mol. The Morgan fingerprint density at radius 3 is 1.34 bits per heavy atom. The number of rotatable bonds is 45. The van der Waals surface area contributed by atoms with Gasteiger partial charge in [-0.1, -0.05) is 169 Å². The van der Waals surface area contributed by atoms with Crippen molar-refractivity contribution in [3.05, 3.63) is 97.2 Å². The monoisotopic (exact) mass is 908 g/mol. The van der Waals surface area contributed by atoms with Crippen LogP contribution in [-0.2, 0) is 33.3 Å². The van der Waals surface area contributed by atoms with E-state index in [1.54, 1.807) is 0 Å². The minimum absolute atomic E-state index is 0.133. The van der Waals surface area contributed by atoms with Crippen LogP contribution in [0.2, 0.25) is 0 Å². The number of hydrogen-bond acceptors (Lipinski definition) is 8. The van der Waals surface area contributed by atoms with E-state index >= 15 is 0 Å². The van der Waals surface area contributed by atoms with Crippen LogP contribution >= 0.6 is 0 Å². The first kappa shape index (κ1) is 61.2. The maximum atomic E-state index is 12.8. The second kappa shape index (κ2) is 46.7. The minimum atomic E-state index is -1.64. The van der Waals surface area contributed by atoms with Gasteiger partial charge in [-0.15, -0.1) is 0 Å². The Hall–Kier alpha value is -3.79. The molecule has 0 rings (SSSR count). The topological polar surface area (TPSA) is 111 Å². The molecule has 0 aromatic heterocycles. The number of allylic oxidation sites excluding steroid dienone is 16. The molecule has 0 fully saturated rings. The number of carbonyl (C=O) groups is 3. The van der Waals surface area contributed by atoms with Gasteiger partial charge in [-0.25, -0.2) is 0 Å². The molecule has 65 heavy (non-hydrogen) atoms. The van der Waals surface area contributed by atoms with Crippen LogP contribution in [0.3, 0.4) is 0 Å². The molecule has 0 aliphatic rings. The van der Waals surface area contributed by atoms with Crippen molar-refractivity contribution in [2.45, 2.75) is 193 Å². The molecule has 0 aliphatic heterocycles. The molecule has 9 nitrogen and oxygen atoms in total. The summed E-state index contributed by atoms with van der Waals surface area (Å²) in [4.78, 5) is 37.1. The lowest BCUT2D eigenvalue weighted by Crippen LogP contribution is -2.44. The first-order chi connectivity index (χ1) is 31.6. The van der Waals surface area contributed by atoms with E-state index in [2.05, 4.69) is 111 Å². The molecular formula is C56H93NO8. The number of carboxylic acids is 1. The third-order valence-corrected chi connectivity index (χ3v) is 10.3. The summed E-state index contributed by atoms with van der Waals surface area (Å²) in [5.41, 5.74) is 0. The predicted octanol–water partition coefficient (Wildman–Crippen LogP) is 12.9. The number of quaternary nitrogens is 1. The first-order valence-corrected chi connectivity index (χ1v) is 25.4. The highest BCUT2D eigenvalue weighted by atomic mass is 16.7. The molecule has 0 N–H and O–H groups in total. The van der Waals surface area contributed by atoms with Crippen LogP contribution in [0.5, 0.6) is 0 Å². The summed E-state index contributed by atoms with van der Waals surface area (Å²) in [5, 5.41) is 11.7. The summed E-state index contributed by atoms with van der Waals surface area (Å²) >= 11 is 0. The summed E-state index contributed by atoms with van der Waals surface area (Å²) in [6.07, 6.45) is 58.7. The standard InChI is InChI=1S/C56H93NO8/c1-6-8-10-12-14-16-18-20-22-24-26-27-29-31-33-35-37-39-41-43-45-47-54(59)65-52(51-64-56(55(60)61)62-49-48-57(3,4)5)50-63-53(58)46-44-42-40-38-36-34-32-30-28-25-23-21-19-17-15-13-11-9-7-2/h8,10,14-17,20-23,26-27,31,33,37,39,52,56H,6-7,9,11-13,18-19,24-25,28-30,32,34-36,38,40-51H2,1-5H3/b10-8-,16-14-,17-15-,22-20-,23-21-,27-26-,33-31-,39-37-. The van der Waals surface area contributed by atoms with Gasteiger partial charge in [0.05, 0.1) is 40.3 Å². The van der Waals surface area contributed by atoms with Crippen molar-refractivity contribution >= 4 is 17.9 Å². The van der Waals surface area contributed by atoms with E-state index in [-0.39, 0.29) is 38.6 Å². The Balaban J connectivity index is 4.47. The number of likely N-dealkylation sites (N-methyl/N-ethyl adjacent to an activating group) is 1. The summed E-state index contributed by atoms with van der Waals surface area (Å²) in [6.45, 7) is 4.53. The van der Waals surface area contributed by atoms with E-state index in [1.165, 1.54) is 57.8 Å². The normalized spacial score (nSPS) is 13.7. The Kier molecular flexibility index (Phi) is 44.0. The van der Waals surface area contributed by atoms with Crippen LogP contribution in [0.4, 0.5) is 0 Å². The van der Waals surface area contributed by atoms with Crippen molar-refractivity contribution in [3.63, 3.8) is 0 Å². The van der Waals surface area contributed by atoms with Crippen molar-refractivity contribution in [2.24, 2.45) is 0 Å². The highest BCUT2D eigenvalue weighted by Crippen LogP contribution is 2.13. The number of hydrogen-bond donors (Lipinski definition) is 0. The van der Waals surface area contributed by atoms with Gasteiger partial charge in [-0.05, 0) is 96.3 Å². The molecule has 0 aromatic carbocycles. The van der Waals surface area contributed by atoms with Gasteiger partial charge in [0.25, 0.3) is 0 Å². The smallest absolute Gasteiger partial charge is 0.306 e. The van der Waals surface area contributed by atoms with Crippen molar-refractivity contribution in [2.75, 3.05) is 47.5 Å². The molecule has 0 saturated carbocycles. The third-order valence-electron chi connectivity index (χ3n) is 10.3. The number of carbonyl (C=O) groups excluding carboxylic acids is 3. The molecule has 0 heterocycles. The molecule has 0 aliphatic carbocycles. The van der Waals surface area contributed by atoms with Crippen LogP contribution in [0.15, 0.2) is 97.2 Å². The van der Waals surface area contributed by atoms with E-state index in [0.29, 0.717) is 17.4 Å². The molecule has 0 aromatic rings. The minimum Gasteiger partial charge on any atom is -0.545 e. The molecule has 0 spiro atoms. The first-order valence-electron chi connectivity index (χ1n) is 25.4. The lowest BCUT2D eigenvalue weighted by Gasteiger charge is -2.26. The molecule has 2 unspecified atom stereocenters. The summed E-state index contributed by atoms with van der Waals surface area (Å²) in [6, 6.07) is 0. The zero-order valence-corrected chi connectivity index (χ0v) is 41.8. The average Bonchev–Trinajstić information content (AvgIpc) is 3.27. The van der Waals surface area contributed by atoms with Gasteiger partial charge < -0.3 is 33.3 Å². The molecule has 0 radical (unpaired) electrons. The van der Waals surface area contributed by atoms with Crippen LogP contribution < -0.4 is 5.11 Å². The van der Waals surface area contributed by atoms with Crippen molar-refractivity contribution in [1.82, 2.24) is 0 Å². The van der Waals surface area contributed by atoms with Gasteiger partial charge in [0.2, 0.25) is 0 Å². The Labute approximate surface area is 397 Å². The number of unbranched alkanes of at least 4 members (excludes halogenated alkanes) is 14. The number of ether oxygens (including phenoxy) is 4. The maximum Gasteiger partial charge on any atom is 0.306 e. The molecule has 2 atom stereocenters. The number of aliphatic carboxylic acids is 1. The fourth-order valence-corrected chi connectivity index (χ4v) is 6.39. The van der Waals surface area contributed by atoms with E-state index in [4.69, 9.17) is 18.9 Å². The number of nitrogens with zero attached hydrogens (tertiary/aromatic N) is 1. The van der Waals surface area contributed by atoms with Crippen molar-refractivity contribution in [1.29, 1.82) is 0 Å². The van der Waals surface area contributed by atoms with E-state index in [9.17, 15) is 19.5 Å². The zero-order valence-electron chi connectivity index (χ0n) is 41.8. The molecule has 0 amide bonds. The van der Waals surface area contributed by atoms with Gasteiger partial charge in [-0.2, -0.15) is 0 Å². The van der Waals surface area contributed by atoms with Gasteiger partial charge in [0, 0.05) is 12.8 Å². The highest BCUT2D eigenvalue weighted by Gasteiger charge is 2.21. The largest absolute Gasteiger partial charge is 0.545 e. The Morgan fingerprint density at radius 1 is 0.477 bits per heavy atom. The summed E-state index contributed by atoms with van der Waals surface area (Å²) < 4.78 is 22.6. The van der Waals surface area contributed by atoms with Gasteiger partial charge in [0.1, 0.15) is 13.2 Å². The quantitative estimate of drug-likeness (QED) is 0.0195. The maximum absolute atomic E-state index is 12.8. The van der Waals surface area contributed by atoms with Gasteiger partial charge in [0.15, 0.2) is 12.4 Å². The zero-order chi connectivity index (χ0) is 47.7. The lowest BCUT2D eigenvalue weighted by molar-refractivity contribution is -0.870. The van der Waals surface area contributed by atoms with Crippen molar-refractivity contribution < 1.29 is 42.9 Å². The fraction of sp³-hybridized carbons (Fsp3) is 0.661. The second-order valence-electron chi connectivity index (χ2n) is 17.7. The summed E-state index contributed by atoms with van der Waals surface area (Å²) in [7, 11) is 5.89. The molecule has 0 saturated heterocycles. The van der Waals surface area contributed by atoms with Gasteiger partial charge in [-0.3, -0.25) is 9.59 Å². The van der Waals surface area contributed by atoms with Crippen LogP contribution in [0.1, 0.15) is 181 Å². The average molecular weight is 908 g/mol. The Bertz CT molecular complexity index is 1380. The van der Waals surface area contributed by atoms with Gasteiger partial charge >= 0.3 is 11.9 Å². The van der Waals surface area contributed by atoms with Crippen LogP contribution in [0.25, 0.3) is 0 Å². The van der Waals surface area contributed by atoms with Crippen LogP contribution in [0, 0.1) is 0 Å². The molecule has 0 bridgehead atoms. The van der Waals surface area contributed by atoms with E-state index in [1.807, 2.05) is 21.1 Å². The van der Waals surface area contributed by atoms with E-state index < -0.39 is 24.3 Å².